The summed E-state index contributed by atoms with van der Waals surface area (Å²) >= 11 is 0. The third kappa shape index (κ3) is 2.85. The van der Waals surface area contributed by atoms with E-state index in [1.54, 1.807) is 7.11 Å². The van der Waals surface area contributed by atoms with Gasteiger partial charge in [-0.1, -0.05) is 12.1 Å². The van der Waals surface area contributed by atoms with Gasteiger partial charge >= 0.3 is 0 Å². The van der Waals surface area contributed by atoms with Gasteiger partial charge < -0.3 is 9.84 Å². The largest absolute Gasteiger partial charge is 0.396 e. The molecule has 0 spiro atoms. The van der Waals surface area contributed by atoms with Crippen LogP contribution in [-0.2, 0) is 4.74 Å². The van der Waals surface area contributed by atoms with E-state index in [2.05, 4.69) is 0 Å². The smallest absolute Gasteiger partial charge is 0.123 e. The summed E-state index contributed by atoms with van der Waals surface area (Å²) in [6.45, 7) is 0.169. The topological polar surface area (TPSA) is 29.5 Å². The minimum absolute atomic E-state index is 0.169. The molecule has 1 aromatic rings. The van der Waals surface area contributed by atoms with Crippen LogP contribution >= 0.6 is 0 Å². The lowest BCUT2D eigenvalue weighted by Crippen LogP contribution is -2.30. The predicted octanol–water partition coefficient (Wildman–Crippen LogP) is 2.72. The highest BCUT2D eigenvalue weighted by atomic mass is 19.1. The molecule has 1 saturated carbocycles. The van der Waals surface area contributed by atoms with E-state index in [0.29, 0.717) is 5.92 Å². The Labute approximate surface area is 101 Å². The Balaban J connectivity index is 2.12. The molecule has 0 aromatic heterocycles. The quantitative estimate of drug-likeness (QED) is 0.877. The van der Waals surface area contributed by atoms with Gasteiger partial charge in [0.1, 0.15) is 5.82 Å². The van der Waals surface area contributed by atoms with Crippen molar-refractivity contribution in [2.45, 2.75) is 31.3 Å². The fraction of sp³-hybridized carbons (Fsp3) is 0.571. The molecular weight excluding hydrogens is 219 g/mol. The molecule has 1 N–H and O–H groups in total. The van der Waals surface area contributed by atoms with E-state index in [9.17, 15) is 9.50 Å². The van der Waals surface area contributed by atoms with Gasteiger partial charge in [-0.25, -0.2) is 4.39 Å². The van der Waals surface area contributed by atoms with Gasteiger partial charge in [0.2, 0.25) is 0 Å². The molecule has 2 nitrogen and oxygen atoms in total. The second-order valence-corrected chi connectivity index (χ2v) is 4.77. The van der Waals surface area contributed by atoms with E-state index in [-0.39, 0.29) is 24.4 Å². The van der Waals surface area contributed by atoms with E-state index >= 15 is 0 Å². The van der Waals surface area contributed by atoms with Gasteiger partial charge in [-0.3, -0.25) is 0 Å². The first-order valence-corrected chi connectivity index (χ1v) is 6.13. The van der Waals surface area contributed by atoms with Gasteiger partial charge in [-0.05, 0) is 48.8 Å². The molecule has 1 fully saturated rings. The van der Waals surface area contributed by atoms with Crippen molar-refractivity contribution >= 4 is 0 Å². The number of rotatable bonds is 3. The van der Waals surface area contributed by atoms with Crippen LogP contribution in [0.5, 0.6) is 0 Å². The average Bonchev–Trinajstić information content (AvgIpc) is 2.39. The fourth-order valence-corrected chi connectivity index (χ4v) is 2.79. The van der Waals surface area contributed by atoms with Gasteiger partial charge in [0.05, 0.1) is 6.10 Å². The van der Waals surface area contributed by atoms with Crippen LogP contribution < -0.4 is 0 Å². The number of aliphatic hydroxyl groups is 1. The molecule has 94 valence electrons. The Morgan fingerprint density at radius 1 is 1.29 bits per heavy atom. The number of halogens is 1. The van der Waals surface area contributed by atoms with E-state index in [0.717, 1.165) is 24.8 Å². The molecule has 3 atom stereocenters. The van der Waals surface area contributed by atoms with E-state index < -0.39 is 0 Å². The molecule has 1 aliphatic rings. The van der Waals surface area contributed by atoms with Crippen molar-refractivity contribution in [1.29, 1.82) is 0 Å². The van der Waals surface area contributed by atoms with Crippen LogP contribution in [0.25, 0.3) is 0 Å². The van der Waals surface area contributed by atoms with Crippen LogP contribution in [0.2, 0.25) is 0 Å². The Morgan fingerprint density at radius 3 is 2.59 bits per heavy atom. The summed E-state index contributed by atoms with van der Waals surface area (Å²) in [7, 11) is 1.72. The molecular formula is C14H19FO2. The number of hydrogen-bond acceptors (Lipinski definition) is 2. The first-order chi connectivity index (χ1) is 8.24. The van der Waals surface area contributed by atoms with Crippen LogP contribution in [-0.4, -0.2) is 24.9 Å². The van der Waals surface area contributed by atoms with Crippen molar-refractivity contribution < 1.29 is 14.2 Å². The van der Waals surface area contributed by atoms with Crippen LogP contribution in [0.1, 0.15) is 30.7 Å². The maximum Gasteiger partial charge on any atom is 0.123 e. The number of methoxy groups -OCH3 is 1. The monoisotopic (exact) mass is 238 g/mol. The van der Waals surface area contributed by atoms with Crippen LogP contribution in [0, 0.1) is 11.7 Å². The van der Waals surface area contributed by atoms with Crippen molar-refractivity contribution in [3.8, 4) is 0 Å². The van der Waals surface area contributed by atoms with Crippen LogP contribution in [0.3, 0.4) is 0 Å². The van der Waals surface area contributed by atoms with Crippen molar-refractivity contribution in [2.24, 2.45) is 5.92 Å². The molecule has 0 bridgehead atoms. The van der Waals surface area contributed by atoms with Gasteiger partial charge in [0.15, 0.2) is 0 Å². The Hall–Kier alpha value is -0.930. The predicted molar refractivity (Wildman–Crippen MR) is 64.4 cm³/mol. The zero-order valence-corrected chi connectivity index (χ0v) is 10.1. The normalized spacial score (nSPS) is 29.2. The maximum atomic E-state index is 12.9. The van der Waals surface area contributed by atoms with Crippen LogP contribution in [0.15, 0.2) is 24.3 Å². The lowest BCUT2D eigenvalue weighted by molar-refractivity contribution is 0.0269. The van der Waals surface area contributed by atoms with E-state index in [1.807, 2.05) is 12.1 Å². The van der Waals surface area contributed by atoms with E-state index in [4.69, 9.17) is 4.74 Å². The van der Waals surface area contributed by atoms with Gasteiger partial charge in [0, 0.05) is 13.7 Å². The zero-order valence-electron chi connectivity index (χ0n) is 10.1. The first kappa shape index (κ1) is 12.5. The second kappa shape index (κ2) is 5.61. The Morgan fingerprint density at radius 2 is 2.00 bits per heavy atom. The highest BCUT2D eigenvalue weighted by Gasteiger charge is 2.30. The molecule has 1 aromatic carbocycles. The first-order valence-electron chi connectivity index (χ1n) is 6.13. The second-order valence-electron chi connectivity index (χ2n) is 4.77. The summed E-state index contributed by atoms with van der Waals surface area (Å²) in [4.78, 5) is 0. The van der Waals surface area contributed by atoms with Crippen molar-refractivity contribution in [3.63, 3.8) is 0 Å². The maximum absolute atomic E-state index is 12.9. The highest BCUT2D eigenvalue weighted by Crippen LogP contribution is 2.38. The van der Waals surface area contributed by atoms with Crippen molar-refractivity contribution in [2.75, 3.05) is 13.7 Å². The molecule has 17 heavy (non-hydrogen) atoms. The van der Waals surface area contributed by atoms with Crippen molar-refractivity contribution in [1.82, 2.24) is 0 Å². The zero-order chi connectivity index (χ0) is 12.3. The third-order valence-electron chi connectivity index (χ3n) is 3.80. The molecule has 3 heteroatoms. The summed E-state index contributed by atoms with van der Waals surface area (Å²) in [5.74, 6) is 0.339. The molecule has 0 aliphatic heterocycles. The standard InChI is InChI=1S/C14H19FO2/c1-17-13-6-7-14(11(8-13)9-16)10-2-4-12(15)5-3-10/h2-5,11,13-14,16H,6-9H2,1H3/t11-,13?,14-/m0/s1. The molecule has 2 rings (SSSR count). The molecule has 0 radical (unpaired) electrons. The fourth-order valence-electron chi connectivity index (χ4n) is 2.79. The average molecular weight is 238 g/mol. The third-order valence-corrected chi connectivity index (χ3v) is 3.80. The summed E-state index contributed by atoms with van der Waals surface area (Å²) in [5, 5.41) is 9.46. The highest BCUT2D eigenvalue weighted by molar-refractivity contribution is 5.22. The van der Waals surface area contributed by atoms with Crippen molar-refractivity contribution in [3.05, 3.63) is 35.6 Å². The summed E-state index contributed by atoms with van der Waals surface area (Å²) in [5.41, 5.74) is 1.13. The molecule has 0 saturated heterocycles. The summed E-state index contributed by atoms with van der Waals surface area (Å²) < 4.78 is 18.2. The van der Waals surface area contributed by atoms with Crippen LogP contribution in [0.4, 0.5) is 4.39 Å². The van der Waals surface area contributed by atoms with Gasteiger partial charge in [-0.15, -0.1) is 0 Å². The molecule has 0 heterocycles. The molecule has 0 amide bonds. The number of hydrogen-bond donors (Lipinski definition) is 1. The van der Waals surface area contributed by atoms with E-state index in [1.165, 1.54) is 12.1 Å². The van der Waals surface area contributed by atoms with Gasteiger partial charge in [0.25, 0.3) is 0 Å². The van der Waals surface area contributed by atoms with Gasteiger partial charge in [-0.2, -0.15) is 0 Å². The lowest BCUT2D eigenvalue weighted by Gasteiger charge is -2.34. The number of benzene rings is 1. The lowest BCUT2D eigenvalue weighted by atomic mass is 9.75. The Bertz CT molecular complexity index is 350. The minimum atomic E-state index is -0.208. The summed E-state index contributed by atoms with van der Waals surface area (Å²) in [6.07, 6.45) is 3.14. The minimum Gasteiger partial charge on any atom is -0.396 e. The molecule has 1 unspecified atom stereocenters. The number of aliphatic hydroxyl groups excluding tert-OH is 1. The summed E-state index contributed by atoms with van der Waals surface area (Å²) in [6, 6.07) is 6.64. The molecule has 1 aliphatic carbocycles. The SMILES string of the molecule is COC1CC[C@@H](c2ccc(F)cc2)[C@H](CO)C1. The number of ether oxygens (including phenoxy) is 1. The Kier molecular flexibility index (Phi) is 4.13.